The highest BCUT2D eigenvalue weighted by Gasteiger charge is 2.45. The molecular weight excluding hydrogens is 268 g/mol. The van der Waals surface area contributed by atoms with Gasteiger partial charge in [-0.1, -0.05) is 32.9 Å². The van der Waals surface area contributed by atoms with Crippen LogP contribution in [0.3, 0.4) is 0 Å². The third-order valence-electron chi connectivity index (χ3n) is 5.55. The summed E-state index contributed by atoms with van der Waals surface area (Å²) in [6, 6.07) is -0.0212. The minimum absolute atomic E-state index is 0.0273. The first kappa shape index (κ1) is 16.0. The van der Waals surface area contributed by atoms with Crippen LogP contribution in [0.4, 0.5) is 0 Å². The van der Waals surface area contributed by atoms with Crippen LogP contribution >= 0.6 is 0 Å². The van der Waals surface area contributed by atoms with Gasteiger partial charge in [0.05, 0.1) is 5.92 Å². The van der Waals surface area contributed by atoms with Gasteiger partial charge >= 0.3 is 5.97 Å². The topological polar surface area (TPSA) is 92.4 Å². The quantitative estimate of drug-likeness (QED) is 0.688. The van der Waals surface area contributed by atoms with Crippen molar-refractivity contribution in [3.63, 3.8) is 0 Å². The molecule has 0 heterocycles. The van der Waals surface area contributed by atoms with E-state index in [9.17, 15) is 9.59 Å². The summed E-state index contributed by atoms with van der Waals surface area (Å²) in [7, 11) is 0. The molecule has 2 aliphatic carbocycles. The van der Waals surface area contributed by atoms with Crippen LogP contribution in [0.25, 0.3) is 0 Å². The Balaban J connectivity index is 1.98. The second-order valence-electron chi connectivity index (χ2n) is 7.08. The lowest BCUT2D eigenvalue weighted by Crippen LogP contribution is -2.52. The first-order valence-electron chi connectivity index (χ1n) is 7.70. The summed E-state index contributed by atoms with van der Waals surface area (Å²) in [5, 5.41) is 12.0. The Morgan fingerprint density at radius 3 is 2.52 bits per heavy atom. The molecule has 0 radical (unpaired) electrons. The first-order valence-corrected chi connectivity index (χ1v) is 7.70. The molecule has 0 aromatic carbocycles. The summed E-state index contributed by atoms with van der Waals surface area (Å²) in [6.45, 7) is 6.32. The summed E-state index contributed by atoms with van der Waals surface area (Å²) in [5.74, 6) is -1.07. The number of nitrogens with two attached hydrogens (primary N) is 1. The number of aliphatic carboxylic acids is 1. The standard InChI is InChI=1S/C16H26N2O3/c1-9-13(17)7-6-12(16(9,2)3)14(19)18-11-5-4-10(8-11)15(20)21/h4-5,9-13H,6-8,17H2,1-3H3,(H,18,19)(H,20,21). The highest BCUT2D eigenvalue weighted by atomic mass is 16.4. The number of hydrogen-bond acceptors (Lipinski definition) is 3. The fraction of sp³-hybridized carbons (Fsp3) is 0.750. The lowest BCUT2D eigenvalue weighted by Gasteiger charge is -2.46. The van der Waals surface area contributed by atoms with E-state index >= 15 is 0 Å². The smallest absolute Gasteiger partial charge is 0.310 e. The summed E-state index contributed by atoms with van der Waals surface area (Å²) in [6.07, 6.45) is 5.56. The van der Waals surface area contributed by atoms with Gasteiger partial charge in [-0.25, -0.2) is 0 Å². The Labute approximate surface area is 126 Å². The Hall–Kier alpha value is -1.36. The van der Waals surface area contributed by atoms with Crippen LogP contribution < -0.4 is 11.1 Å². The van der Waals surface area contributed by atoms with Crippen LogP contribution in [-0.4, -0.2) is 29.1 Å². The Morgan fingerprint density at radius 1 is 1.29 bits per heavy atom. The Kier molecular flexibility index (Phi) is 4.42. The van der Waals surface area contributed by atoms with E-state index in [4.69, 9.17) is 10.8 Å². The molecule has 21 heavy (non-hydrogen) atoms. The lowest BCUT2D eigenvalue weighted by atomic mass is 9.61. The van der Waals surface area contributed by atoms with E-state index < -0.39 is 11.9 Å². The second-order valence-corrected chi connectivity index (χ2v) is 7.08. The first-order chi connectivity index (χ1) is 9.73. The zero-order valence-corrected chi connectivity index (χ0v) is 13.0. The maximum atomic E-state index is 12.6. The van der Waals surface area contributed by atoms with Crippen LogP contribution in [-0.2, 0) is 9.59 Å². The number of carbonyl (C=O) groups excluding carboxylic acids is 1. The van der Waals surface area contributed by atoms with Crippen LogP contribution in [0.5, 0.6) is 0 Å². The fourth-order valence-electron chi connectivity index (χ4n) is 3.59. The average Bonchev–Trinajstić information content (AvgIpc) is 2.84. The van der Waals surface area contributed by atoms with Gasteiger partial charge in [-0.15, -0.1) is 0 Å². The number of carbonyl (C=O) groups is 2. The largest absolute Gasteiger partial charge is 0.481 e. The predicted molar refractivity (Wildman–Crippen MR) is 80.5 cm³/mol. The van der Waals surface area contributed by atoms with E-state index in [1.165, 1.54) is 0 Å². The minimum atomic E-state index is -0.833. The number of carboxylic acids is 1. The molecule has 5 nitrogen and oxygen atoms in total. The molecule has 0 spiro atoms. The SMILES string of the molecule is CC1C(N)CCC(C(=O)NC2C=CC(C(=O)O)C2)C1(C)C. The van der Waals surface area contributed by atoms with Gasteiger partial charge in [0.15, 0.2) is 0 Å². The van der Waals surface area contributed by atoms with Crippen molar-refractivity contribution >= 4 is 11.9 Å². The molecule has 0 bridgehead atoms. The molecule has 5 unspecified atom stereocenters. The summed E-state index contributed by atoms with van der Waals surface area (Å²) in [5.41, 5.74) is 5.98. The lowest BCUT2D eigenvalue weighted by molar-refractivity contribution is -0.140. The maximum Gasteiger partial charge on any atom is 0.310 e. The van der Waals surface area contributed by atoms with Crippen LogP contribution in [0.15, 0.2) is 12.2 Å². The van der Waals surface area contributed by atoms with Crippen molar-refractivity contribution in [1.29, 1.82) is 0 Å². The molecular formula is C16H26N2O3. The fourth-order valence-corrected chi connectivity index (χ4v) is 3.59. The third kappa shape index (κ3) is 3.12. The molecule has 5 heteroatoms. The molecule has 1 fully saturated rings. The average molecular weight is 294 g/mol. The molecule has 4 N–H and O–H groups in total. The number of amides is 1. The van der Waals surface area contributed by atoms with Crippen molar-refractivity contribution in [2.75, 3.05) is 0 Å². The summed E-state index contributed by atoms with van der Waals surface area (Å²) < 4.78 is 0. The number of nitrogens with one attached hydrogen (secondary N) is 1. The molecule has 0 aliphatic heterocycles. The molecule has 0 aromatic heterocycles. The van der Waals surface area contributed by atoms with Gasteiger partial charge in [-0.05, 0) is 30.6 Å². The van der Waals surface area contributed by atoms with Crippen molar-refractivity contribution in [2.24, 2.45) is 28.9 Å². The third-order valence-corrected chi connectivity index (χ3v) is 5.55. The van der Waals surface area contributed by atoms with Crippen molar-refractivity contribution in [3.05, 3.63) is 12.2 Å². The second kappa shape index (κ2) is 5.79. The van der Waals surface area contributed by atoms with E-state index in [-0.39, 0.29) is 35.2 Å². The Morgan fingerprint density at radius 2 is 1.95 bits per heavy atom. The normalized spacial score (nSPS) is 38.2. The van der Waals surface area contributed by atoms with Crippen molar-refractivity contribution < 1.29 is 14.7 Å². The number of carboxylic acid groups (broad SMARTS) is 1. The van der Waals surface area contributed by atoms with E-state index in [1.54, 1.807) is 12.2 Å². The van der Waals surface area contributed by atoms with Gasteiger partial charge in [0.25, 0.3) is 0 Å². The molecule has 118 valence electrons. The summed E-state index contributed by atoms with van der Waals surface area (Å²) in [4.78, 5) is 23.5. The van der Waals surface area contributed by atoms with Gasteiger partial charge in [0.1, 0.15) is 0 Å². The van der Waals surface area contributed by atoms with Crippen molar-refractivity contribution in [1.82, 2.24) is 5.32 Å². The number of hydrogen-bond donors (Lipinski definition) is 3. The molecule has 5 atom stereocenters. The predicted octanol–water partition coefficient (Wildman–Crippen LogP) is 1.53. The molecule has 1 saturated carbocycles. The highest BCUT2D eigenvalue weighted by Crippen LogP contribution is 2.44. The van der Waals surface area contributed by atoms with E-state index in [0.29, 0.717) is 6.42 Å². The van der Waals surface area contributed by atoms with Crippen LogP contribution in [0.2, 0.25) is 0 Å². The van der Waals surface area contributed by atoms with Crippen LogP contribution in [0.1, 0.15) is 40.0 Å². The van der Waals surface area contributed by atoms with E-state index in [1.807, 2.05) is 0 Å². The van der Waals surface area contributed by atoms with E-state index in [0.717, 1.165) is 12.8 Å². The van der Waals surface area contributed by atoms with Crippen molar-refractivity contribution in [3.8, 4) is 0 Å². The van der Waals surface area contributed by atoms with Crippen LogP contribution in [0, 0.1) is 23.2 Å². The Bertz CT molecular complexity index is 458. The number of rotatable bonds is 3. The maximum absolute atomic E-state index is 12.6. The summed E-state index contributed by atoms with van der Waals surface area (Å²) >= 11 is 0. The minimum Gasteiger partial charge on any atom is -0.481 e. The molecule has 1 amide bonds. The van der Waals surface area contributed by atoms with Gasteiger partial charge in [0.2, 0.25) is 5.91 Å². The van der Waals surface area contributed by atoms with Crippen molar-refractivity contribution in [2.45, 2.75) is 52.1 Å². The zero-order chi connectivity index (χ0) is 15.8. The molecule has 2 rings (SSSR count). The zero-order valence-electron chi connectivity index (χ0n) is 13.0. The monoisotopic (exact) mass is 294 g/mol. The van der Waals surface area contributed by atoms with Gasteiger partial charge in [-0.3, -0.25) is 9.59 Å². The molecule has 0 saturated heterocycles. The van der Waals surface area contributed by atoms with Gasteiger partial charge < -0.3 is 16.2 Å². The van der Waals surface area contributed by atoms with Gasteiger partial charge in [-0.2, -0.15) is 0 Å². The molecule has 2 aliphatic rings. The van der Waals surface area contributed by atoms with E-state index in [2.05, 4.69) is 26.1 Å². The molecule has 0 aromatic rings. The van der Waals surface area contributed by atoms with Gasteiger partial charge in [0, 0.05) is 18.0 Å². The highest BCUT2D eigenvalue weighted by molar-refractivity contribution is 5.81.